The summed E-state index contributed by atoms with van der Waals surface area (Å²) in [5.74, 6) is 0.217. The van der Waals surface area contributed by atoms with Crippen molar-refractivity contribution in [2.45, 2.75) is 63.2 Å². The Morgan fingerprint density at radius 1 is 0.608 bits per heavy atom. The van der Waals surface area contributed by atoms with Crippen LogP contribution in [0.3, 0.4) is 0 Å². The molecule has 11 heteroatoms. The minimum absolute atomic E-state index is 0.123. The number of hydrogen-bond donors (Lipinski definition) is 2. The lowest BCUT2D eigenvalue weighted by Crippen LogP contribution is -2.51. The Kier molecular flexibility index (Phi) is 11.3. The van der Waals surface area contributed by atoms with Crippen LogP contribution in [0.5, 0.6) is 0 Å². The van der Waals surface area contributed by atoms with Crippen molar-refractivity contribution in [3.63, 3.8) is 0 Å². The van der Waals surface area contributed by atoms with Gasteiger partial charge in [-0.05, 0) is 22.3 Å². The van der Waals surface area contributed by atoms with Crippen LogP contribution in [0.25, 0.3) is 11.2 Å². The van der Waals surface area contributed by atoms with E-state index < -0.39 is 36.7 Å². The van der Waals surface area contributed by atoms with E-state index >= 15 is 0 Å². The maximum absolute atomic E-state index is 12.4. The monoisotopic (exact) mass is 687 g/mol. The lowest BCUT2D eigenvalue weighted by Gasteiger charge is -2.35. The normalized spacial score (nSPS) is 22.1. The van der Waals surface area contributed by atoms with Gasteiger partial charge in [-0.1, -0.05) is 121 Å². The van der Waals surface area contributed by atoms with Gasteiger partial charge in [0, 0.05) is 0 Å². The third-order valence-electron chi connectivity index (χ3n) is 8.87. The minimum Gasteiger partial charge on any atom is -0.386 e. The zero-order valence-corrected chi connectivity index (χ0v) is 28.1. The molecule has 11 nitrogen and oxygen atoms in total. The van der Waals surface area contributed by atoms with Crippen molar-refractivity contribution in [2.75, 3.05) is 12.3 Å². The van der Waals surface area contributed by atoms with Crippen LogP contribution in [-0.4, -0.2) is 61.8 Å². The quantitative estimate of drug-likeness (QED) is 0.148. The van der Waals surface area contributed by atoms with Gasteiger partial charge in [-0.25, -0.2) is 15.0 Å². The number of anilines is 1. The van der Waals surface area contributed by atoms with Gasteiger partial charge in [0.15, 0.2) is 17.7 Å². The molecule has 0 bridgehead atoms. The van der Waals surface area contributed by atoms with Gasteiger partial charge in [0.1, 0.15) is 42.4 Å². The topological polar surface area (TPSA) is 136 Å². The first kappa shape index (κ1) is 34.4. The lowest BCUT2D eigenvalue weighted by atomic mass is 9.99. The number of fused-ring (bicyclic) bond motifs is 1. The van der Waals surface area contributed by atoms with Crippen molar-refractivity contribution < 1.29 is 28.8 Å². The molecular formula is C40H41N5O6. The highest BCUT2D eigenvalue weighted by Crippen LogP contribution is 2.35. The predicted molar refractivity (Wildman–Crippen MR) is 191 cm³/mol. The van der Waals surface area contributed by atoms with Crippen molar-refractivity contribution >= 4 is 17.0 Å². The standard InChI is InChI=1S/C40H41N5O6/c41-38-33-39(43-26-42-38)45(27-44-33)40-34(46)36(49-23-30-17-9-3-10-18-30)37(50-24-31-19-11-4-12-20-31)35(48-22-29-15-7-2-8-16-29)32(51-40)25-47-21-28-13-5-1-6-14-28/h1-20,26-27,32,34-37,40,46H,21-25H2,(H2,41,42,43)/t32-,34+,35-,36+,37+,40+/m1/s1. The van der Waals surface area contributed by atoms with E-state index in [4.69, 9.17) is 29.4 Å². The summed E-state index contributed by atoms with van der Waals surface area (Å²) in [6, 6.07) is 39.5. The van der Waals surface area contributed by atoms with E-state index in [0.717, 1.165) is 22.3 Å². The fourth-order valence-corrected chi connectivity index (χ4v) is 6.27. The highest BCUT2D eigenvalue weighted by Gasteiger charge is 2.49. The smallest absolute Gasteiger partial charge is 0.167 e. The summed E-state index contributed by atoms with van der Waals surface area (Å²) in [5, 5.41) is 12.4. The minimum atomic E-state index is -1.27. The Hall–Kier alpha value is -5.01. The number of rotatable bonds is 14. The van der Waals surface area contributed by atoms with Crippen LogP contribution in [0.4, 0.5) is 5.82 Å². The van der Waals surface area contributed by atoms with Crippen molar-refractivity contribution in [3.8, 4) is 0 Å². The van der Waals surface area contributed by atoms with Gasteiger partial charge in [0.05, 0.1) is 39.4 Å². The fourth-order valence-electron chi connectivity index (χ4n) is 6.27. The van der Waals surface area contributed by atoms with E-state index in [9.17, 15) is 5.11 Å². The van der Waals surface area contributed by atoms with Gasteiger partial charge in [-0.15, -0.1) is 0 Å². The van der Waals surface area contributed by atoms with E-state index in [1.54, 1.807) is 10.9 Å². The molecule has 3 heterocycles. The van der Waals surface area contributed by atoms with Crippen LogP contribution < -0.4 is 5.73 Å². The number of imidazole rings is 1. The summed E-state index contributed by atoms with van der Waals surface area (Å²) in [6.07, 6.45) is -2.63. The van der Waals surface area contributed by atoms with E-state index in [0.29, 0.717) is 17.8 Å². The Balaban J connectivity index is 1.29. The third kappa shape index (κ3) is 8.49. The van der Waals surface area contributed by atoms with E-state index in [-0.39, 0.29) is 32.2 Å². The average molecular weight is 688 g/mol. The van der Waals surface area contributed by atoms with Crippen LogP contribution in [0.1, 0.15) is 28.5 Å². The molecule has 1 saturated heterocycles. The number of ether oxygens (including phenoxy) is 5. The average Bonchev–Trinajstić information content (AvgIpc) is 3.58. The number of nitrogen functional groups attached to an aromatic ring is 1. The summed E-state index contributed by atoms with van der Waals surface area (Å²) in [6.45, 7) is 1.19. The molecule has 0 aliphatic carbocycles. The molecule has 7 rings (SSSR count). The van der Waals surface area contributed by atoms with Gasteiger partial charge >= 0.3 is 0 Å². The second-order valence-electron chi connectivity index (χ2n) is 12.4. The molecule has 4 aromatic carbocycles. The van der Waals surface area contributed by atoms with Crippen LogP contribution in [-0.2, 0) is 50.1 Å². The molecule has 6 aromatic rings. The molecule has 6 atom stereocenters. The second-order valence-corrected chi connectivity index (χ2v) is 12.4. The number of aliphatic hydroxyl groups is 1. The zero-order valence-electron chi connectivity index (χ0n) is 28.1. The molecule has 0 saturated carbocycles. The first-order valence-electron chi connectivity index (χ1n) is 17.0. The van der Waals surface area contributed by atoms with E-state index in [1.807, 2.05) is 121 Å². The third-order valence-corrected chi connectivity index (χ3v) is 8.87. The summed E-state index contributed by atoms with van der Waals surface area (Å²) in [5.41, 5.74) is 10.9. The molecule has 0 spiro atoms. The fraction of sp³-hybridized carbons (Fsp3) is 0.275. The molecule has 1 aliphatic rings. The SMILES string of the molecule is Nc1ncnc2c1ncn2[C@H]1O[C@H](COCc2ccccc2)[C@@H](OCc2ccccc2)[C@H](OCc2ccccc2)[C@@H](OCc2ccccc2)[C@@H]1O. The maximum atomic E-state index is 12.4. The molecule has 0 unspecified atom stereocenters. The van der Waals surface area contributed by atoms with Crippen LogP contribution in [0.15, 0.2) is 134 Å². The zero-order chi connectivity index (χ0) is 34.8. The van der Waals surface area contributed by atoms with Crippen LogP contribution in [0, 0.1) is 0 Å². The largest absolute Gasteiger partial charge is 0.386 e. The molecule has 0 radical (unpaired) electrons. The van der Waals surface area contributed by atoms with Gasteiger partial charge in [-0.3, -0.25) is 4.57 Å². The number of aliphatic hydroxyl groups excluding tert-OH is 1. The van der Waals surface area contributed by atoms with E-state index in [2.05, 4.69) is 15.0 Å². The molecule has 51 heavy (non-hydrogen) atoms. The van der Waals surface area contributed by atoms with Gasteiger partial charge in [0.25, 0.3) is 0 Å². The first-order chi connectivity index (χ1) is 25.1. The highest BCUT2D eigenvalue weighted by molar-refractivity contribution is 5.81. The van der Waals surface area contributed by atoms with Crippen LogP contribution >= 0.6 is 0 Å². The Morgan fingerprint density at radius 2 is 1.10 bits per heavy atom. The molecule has 1 aliphatic heterocycles. The van der Waals surface area contributed by atoms with Gasteiger partial charge < -0.3 is 34.5 Å². The molecule has 2 aromatic heterocycles. The molecular weight excluding hydrogens is 646 g/mol. The summed E-state index contributed by atoms with van der Waals surface area (Å²) in [7, 11) is 0. The lowest BCUT2D eigenvalue weighted by molar-refractivity contribution is -0.185. The summed E-state index contributed by atoms with van der Waals surface area (Å²) < 4.78 is 35.1. The number of nitrogens with two attached hydrogens (primary N) is 1. The Morgan fingerprint density at radius 3 is 1.65 bits per heavy atom. The highest BCUT2D eigenvalue weighted by atomic mass is 16.6. The number of benzene rings is 4. The molecule has 1 fully saturated rings. The molecule has 0 amide bonds. The second kappa shape index (κ2) is 16.8. The van der Waals surface area contributed by atoms with Crippen LogP contribution in [0.2, 0.25) is 0 Å². The number of hydrogen-bond acceptors (Lipinski definition) is 10. The number of aromatic nitrogens is 4. The van der Waals surface area contributed by atoms with Crippen molar-refractivity contribution in [3.05, 3.63) is 156 Å². The summed E-state index contributed by atoms with van der Waals surface area (Å²) in [4.78, 5) is 13.0. The van der Waals surface area contributed by atoms with Gasteiger partial charge in [0.2, 0.25) is 0 Å². The van der Waals surface area contributed by atoms with Gasteiger partial charge in [-0.2, -0.15) is 0 Å². The molecule has 262 valence electrons. The summed E-state index contributed by atoms with van der Waals surface area (Å²) >= 11 is 0. The van der Waals surface area contributed by atoms with Crippen molar-refractivity contribution in [2.24, 2.45) is 0 Å². The predicted octanol–water partition coefficient (Wildman–Crippen LogP) is 5.64. The maximum Gasteiger partial charge on any atom is 0.167 e. The Labute approximate surface area is 296 Å². The number of nitrogens with zero attached hydrogens (tertiary/aromatic N) is 4. The molecule has 3 N–H and O–H groups in total. The van der Waals surface area contributed by atoms with Crippen molar-refractivity contribution in [1.29, 1.82) is 0 Å². The first-order valence-corrected chi connectivity index (χ1v) is 17.0. The Bertz CT molecular complexity index is 1930. The van der Waals surface area contributed by atoms with Crippen molar-refractivity contribution in [1.82, 2.24) is 19.5 Å². The van der Waals surface area contributed by atoms with E-state index in [1.165, 1.54) is 6.33 Å².